The van der Waals surface area contributed by atoms with Gasteiger partial charge >= 0.3 is 0 Å². The molecule has 4 heteroatoms. The zero-order valence-corrected chi connectivity index (χ0v) is 11.2. The van der Waals surface area contributed by atoms with E-state index in [1.165, 1.54) is 5.56 Å². The number of hydrogen-bond donors (Lipinski definition) is 1. The van der Waals surface area contributed by atoms with Crippen LogP contribution in [-0.4, -0.2) is 48.1 Å². The van der Waals surface area contributed by atoms with Crippen LogP contribution in [0.5, 0.6) is 0 Å². The normalized spacial score (nSPS) is 25.5. The Labute approximate surface area is 114 Å². The Morgan fingerprint density at radius 1 is 1.11 bits per heavy atom. The second kappa shape index (κ2) is 5.72. The SMILES string of the molecule is O=C1CCC(N2CCN(Cc3ccccc3)CC2)N1. The van der Waals surface area contributed by atoms with Gasteiger partial charge in [-0.2, -0.15) is 0 Å². The first-order valence-corrected chi connectivity index (χ1v) is 7.11. The van der Waals surface area contributed by atoms with Crippen LogP contribution in [-0.2, 0) is 11.3 Å². The fraction of sp³-hybridized carbons (Fsp3) is 0.533. The summed E-state index contributed by atoms with van der Waals surface area (Å²) < 4.78 is 0. The lowest BCUT2D eigenvalue weighted by molar-refractivity contribution is -0.119. The average molecular weight is 259 g/mol. The zero-order valence-electron chi connectivity index (χ0n) is 11.2. The molecule has 0 spiro atoms. The summed E-state index contributed by atoms with van der Waals surface area (Å²) in [6.45, 7) is 5.31. The summed E-state index contributed by atoms with van der Waals surface area (Å²) in [6.07, 6.45) is 1.94. The Morgan fingerprint density at radius 3 is 2.47 bits per heavy atom. The minimum absolute atomic E-state index is 0.205. The molecule has 102 valence electrons. The minimum atomic E-state index is 0.205. The van der Waals surface area contributed by atoms with Gasteiger partial charge in [0, 0.05) is 39.1 Å². The molecule has 0 saturated carbocycles. The first kappa shape index (κ1) is 12.6. The van der Waals surface area contributed by atoms with Crippen molar-refractivity contribution in [3.63, 3.8) is 0 Å². The number of benzene rings is 1. The van der Waals surface area contributed by atoms with Gasteiger partial charge in [0.15, 0.2) is 0 Å². The van der Waals surface area contributed by atoms with E-state index in [9.17, 15) is 4.79 Å². The molecule has 1 atom stereocenters. The van der Waals surface area contributed by atoms with E-state index in [0.717, 1.165) is 39.1 Å². The predicted molar refractivity (Wildman–Crippen MR) is 74.5 cm³/mol. The molecule has 19 heavy (non-hydrogen) atoms. The van der Waals surface area contributed by atoms with E-state index in [2.05, 4.69) is 45.4 Å². The summed E-state index contributed by atoms with van der Waals surface area (Å²) in [5.74, 6) is 0.205. The molecule has 0 radical (unpaired) electrons. The van der Waals surface area contributed by atoms with Gasteiger partial charge in [0.05, 0.1) is 6.17 Å². The molecule has 2 heterocycles. The van der Waals surface area contributed by atoms with Gasteiger partial charge in [-0.25, -0.2) is 0 Å². The number of rotatable bonds is 3. The smallest absolute Gasteiger partial charge is 0.221 e. The molecule has 3 rings (SSSR count). The fourth-order valence-corrected chi connectivity index (χ4v) is 2.95. The molecule has 1 N–H and O–H groups in total. The van der Waals surface area contributed by atoms with Crippen molar-refractivity contribution in [3.8, 4) is 0 Å². The van der Waals surface area contributed by atoms with Gasteiger partial charge in [0.1, 0.15) is 0 Å². The van der Waals surface area contributed by atoms with E-state index in [1.54, 1.807) is 0 Å². The topological polar surface area (TPSA) is 35.6 Å². The van der Waals surface area contributed by atoms with Crippen LogP contribution in [0.15, 0.2) is 30.3 Å². The third-order valence-corrected chi connectivity index (χ3v) is 4.07. The first-order valence-electron chi connectivity index (χ1n) is 7.11. The van der Waals surface area contributed by atoms with Crippen LogP contribution >= 0.6 is 0 Å². The first-order chi connectivity index (χ1) is 9.31. The maximum atomic E-state index is 11.3. The molecule has 4 nitrogen and oxygen atoms in total. The maximum Gasteiger partial charge on any atom is 0.221 e. The number of nitrogens with zero attached hydrogens (tertiary/aromatic N) is 2. The Balaban J connectivity index is 1.48. The van der Waals surface area contributed by atoms with Crippen LogP contribution in [0, 0.1) is 0 Å². The second-order valence-corrected chi connectivity index (χ2v) is 5.42. The van der Waals surface area contributed by atoms with Crippen molar-refractivity contribution in [2.75, 3.05) is 26.2 Å². The van der Waals surface area contributed by atoms with Crippen molar-refractivity contribution in [2.24, 2.45) is 0 Å². The number of hydrogen-bond acceptors (Lipinski definition) is 3. The number of amides is 1. The van der Waals surface area contributed by atoms with E-state index >= 15 is 0 Å². The number of carbonyl (C=O) groups excluding carboxylic acids is 1. The molecular weight excluding hydrogens is 238 g/mol. The molecule has 1 aromatic rings. The zero-order chi connectivity index (χ0) is 13.1. The molecule has 1 unspecified atom stereocenters. The van der Waals surface area contributed by atoms with Crippen LogP contribution in [0.1, 0.15) is 18.4 Å². The van der Waals surface area contributed by atoms with Gasteiger partial charge in [0.2, 0.25) is 5.91 Å². The standard InChI is InChI=1S/C15H21N3O/c19-15-7-6-14(16-15)18-10-8-17(9-11-18)12-13-4-2-1-3-5-13/h1-5,14H,6-12H2,(H,16,19). The van der Waals surface area contributed by atoms with E-state index in [1.807, 2.05) is 0 Å². The minimum Gasteiger partial charge on any atom is -0.341 e. The lowest BCUT2D eigenvalue weighted by atomic mass is 10.2. The number of carbonyl (C=O) groups is 1. The Hall–Kier alpha value is -1.39. The Morgan fingerprint density at radius 2 is 1.84 bits per heavy atom. The molecule has 2 saturated heterocycles. The highest BCUT2D eigenvalue weighted by Crippen LogP contribution is 2.15. The largest absolute Gasteiger partial charge is 0.341 e. The van der Waals surface area contributed by atoms with Crippen LogP contribution in [0.25, 0.3) is 0 Å². The molecule has 0 bridgehead atoms. The highest BCUT2D eigenvalue weighted by atomic mass is 16.2. The van der Waals surface area contributed by atoms with E-state index in [4.69, 9.17) is 0 Å². The van der Waals surface area contributed by atoms with Gasteiger partial charge < -0.3 is 5.32 Å². The monoisotopic (exact) mass is 259 g/mol. The quantitative estimate of drug-likeness (QED) is 0.881. The van der Waals surface area contributed by atoms with E-state index in [-0.39, 0.29) is 12.1 Å². The van der Waals surface area contributed by atoms with Crippen LogP contribution in [0.4, 0.5) is 0 Å². The highest BCUT2D eigenvalue weighted by Gasteiger charge is 2.28. The van der Waals surface area contributed by atoms with Crippen molar-refractivity contribution in [1.29, 1.82) is 0 Å². The molecule has 0 aliphatic carbocycles. The van der Waals surface area contributed by atoms with Gasteiger partial charge in [0.25, 0.3) is 0 Å². The molecule has 2 aliphatic rings. The lowest BCUT2D eigenvalue weighted by Crippen LogP contribution is -2.53. The summed E-state index contributed by atoms with van der Waals surface area (Å²) in [4.78, 5) is 16.2. The van der Waals surface area contributed by atoms with E-state index < -0.39 is 0 Å². The molecule has 2 aliphatic heterocycles. The molecule has 1 aromatic carbocycles. The third-order valence-electron chi connectivity index (χ3n) is 4.07. The van der Waals surface area contributed by atoms with Crippen molar-refractivity contribution in [3.05, 3.63) is 35.9 Å². The highest BCUT2D eigenvalue weighted by molar-refractivity contribution is 5.78. The molecule has 2 fully saturated rings. The van der Waals surface area contributed by atoms with Gasteiger partial charge in [-0.1, -0.05) is 30.3 Å². The number of nitrogens with one attached hydrogen (secondary N) is 1. The Bertz CT molecular complexity index is 426. The summed E-state index contributed by atoms with van der Waals surface area (Å²) in [7, 11) is 0. The fourth-order valence-electron chi connectivity index (χ4n) is 2.95. The van der Waals surface area contributed by atoms with Gasteiger partial charge in [-0.3, -0.25) is 14.6 Å². The van der Waals surface area contributed by atoms with Gasteiger partial charge in [-0.05, 0) is 12.0 Å². The second-order valence-electron chi connectivity index (χ2n) is 5.42. The average Bonchev–Trinajstić information content (AvgIpc) is 2.87. The Kier molecular flexibility index (Phi) is 3.80. The van der Waals surface area contributed by atoms with E-state index in [0.29, 0.717) is 6.42 Å². The summed E-state index contributed by atoms with van der Waals surface area (Å²) in [5, 5.41) is 3.06. The predicted octanol–water partition coefficient (Wildman–Crippen LogP) is 1.04. The summed E-state index contributed by atoms with van der Waals surface area (Å²) in [6, 6.07) is 10.6. The summed E-state index contributed by atoms with van der Waals surface area (Å²) in [5.41, 5.74) is 1.38. The van der Waals surface area contributed by atoms with Crippen molar-refractivity contribution in [1.82, 2.24) is 15.1 Å². The maximum absolute atomic E-state index is 11.3. The van der Waals surface area contributed by atoms with Gasteiger partial charge in [-0.15, -0.1) is 0 Å². The van der Waals surface area contributed by atoms with Crippen LogP contribution in [0.3, 0.4) is 0 Å². The van der Waals surface area contributed by atoms with Crippen molar-refractivity contribution < 1.29 is 4.79 Å². The molecule has 1 amide bonds. The molecule has 0 aromatic heterocycles. The third kappa shape index (κ3) is 3.14. The van der Waals surface area contributed by atoms with Crippen LogP contribution < -0.4 is 5.32 Å². The van der Waals surface area contributed by atoms with Crippen molar-refractivity contribution in [2.45, 2.75) is 25.6 Å². The number of piperazine rings is 1. The summed E-state index contributed by atoms with van der Waals surface area (Å²) >= 11 is 0. The lowest BCUT2D eigenvalue weighted by Gasteiger charge is -2.37. The van der Waals surface area contributed by atoms with Crippen LogP contribution in [0.2, 0.25) is 0 Å². The molecular formula is C15H21N3O. The van der Waals surface area contributed by atoms with Crippen molar-refractivity contribution >= 4 is 5.91 Å².